The van der Waals surface area contributed by atoms with Crippen LogP contribution in [0.5, 0.6) is 0 Å². The van der Waals surface area contributed by atoms with Gasteiger partial charge in [0, 0.05) is 5.69 Å². The molecule has 0 bridgehead atoms. The van der Waals surface area contributed by atoms with Crippen LogP contribution in [0.2, 0.25) is 0 Å². The van der Waals surface area contributed by atoms with Gasteiger partial charge in [-0.3, -0.25) is 0 Å². The third kappa shape index (κ3) is 2.99. The molecule has 0 unspecified atom stereocenters. The van der Waals surface area contributed by atoms with Crippen LogP contribution >= 0.6 is 11.3 Å². The van der Waals surface area contributed by atoms with E-state index in [0.717, 1.165) is 0 Å². The SMILES string of the molecule is C[C@H](NC(=O)Nc1ccccc1)c1nc2ccsc2c(=O)o1. The van der Waals surface area contributed by atoms with Gasteiger partial charge in [-0.05, 0) is 30.5 Å². The van der Waals surface area contributed by atoms with Crippen LogP contribution in [0.1, 0.15) is 18.9 Å². The van der Waals surface area contributed by atoms with Crippen LogP contribution in [0.25, 0.3) is 10.2 Å². The minimum Gasteiger partial charge on any atom is -0.405 e. The van der Waals surface area contributed by atoms with Crippen LogP contribution < -0.4 is 16.3 Å². The number of nitrogens with zero attached hydrogens (tertiary/aromatic N) is 1. The topological polar surface area (TPSA) is 84.2 Å². The molecule has 0 saturated heterocycles. The summed E-state index contributed by atoms with van der Waals surface area (Å²) < 4.78 is 5.64. The molecule has 0 radical (unpaired) electrons. The molecule has 0 aliphatic heterocycles. The van der Waals surface area contributed by atoms with E-state index in [9.17, 15) is 9.59 Å². The summed E-state index contributed by atoms with van der Waals surface area (Å²) in [6.07, 6.45) is 0. The van der Waals surface area contributed by atoms with Crippen molar-refractivity contribution in [2.24, 2.45) is 0 Å². The van der Waals surface area contributed by atoms with Crippen LogP contribution in [0.3, 0.4) is 0 Å². The van der Waals surface area contributed by atoms with Crippen LogP contribution in [0.15, 0.2) is 51.0 Å². The first-order valence-corrected chi connectivity index (χ1v) is 7.52. The Bertz CT molecular complexity index is 857. The third-order valence-corrected chi connectivity index (χ3v) is 3.89. The number of aromatic nitrogens is 1. The largest absolute Gasteiger partial charge is 0.405 e. The lowest BCUT2D eigenvalue weighted by Gasteiger charge is -2.12. The van der Waals surface area contributed by atoms with E-state index in [4.69, 9.17) is 4.42 Å². The Hall–Kier alpha value is -2.67. The molecule has 112 valence electrons. The molecule has 0 saturated carbocycles. The molecule has 0 aliphatic carbocycles. The molecule has 7 heteroatoms. The van der Waals surface area contributed by atoms with Crippen LogP contribution in [-0.2, 0) is 0 Å². The van der Waals surface area contributed by atoms with Gasteiger partial charge in [-0.15, -0.1) is 11.3 Å². The number of carbonyl (C=O) groups is 1. The molecular formula is C15H13N3O3S. The molecule has 3 aromatic rings. The van der Waals surface area contributed by atoms with E-state index in [-0.39, 0.29) is 5.89 Å². The number of thiophene rings is 1. The van der Waals surface area contributed by atoms with Crippen LogP contribution in [-0.4, -0.2) is 11.0 Å². The second kappa shape index (κ2) is 5.98. The molecule has 0 aliphatic rings. The molecule has 2 aromatic heterocycles. The Morgan fingerprint density at radius 1 is 1.27 bits per heavy atom. The summed E-state index contributed by atoms with van der Waals surface area (Å²) in [5.74, 6) is 0.180. The lowest BCUT2D eigenvalue weighted by molar-refractivity contribution is 0.246. The highest BCUT2D eigenvalue weighted by Crippen LogP contribution is 2.17. The third-order valence-electron chi connectivity index (χ3n) is 3.01. The van der Waals surface area contributed by atoms with Gasteiger partial charge in [-0.2, -0.15) is 0 Å². The molecule has 22 heavy (non-hydrogen) atoms. The summed E-state index contributed by atoms with van der Waals surface area (Å²) in [7, 11) is 0. The predicted octanol–water partition coefficient (Wildman–Crippen LogP) is 3.13. The molecule has 0 fully saturated rings. The lowest BCUT2D eigenvalue weighted by atomic mass is 10.3. The average Bonchev–Trinajstić information content (AvgIpc) is 2.97. The number of benzene rings is 1. The number of anilines is 1. The summed E-state index contributed by atoms with van der Waals surface area (Å²) in [4.78, 5) is 28.0. The Labute approximate surface area is 129 Å². The van der Waals surface area contributed by atoms with E-state index in [1.165, 1.54) is 11.3 Å². The first-order chi connectivity index (χ1) is 10.6. The smallest absolute Gasteiger partial charge is 0.357 e. The standard InChI is InChI=1S/C15H13N3O3S/c1-9(16-15(20)17-10-5-3-2-4-6-10)13-18-11-7-8-22-12(11)14(19)21-13/h2-9H,1H3,(H2,16,17,20)/t9-/m0/s1. The monoisotopic (exact) mass is 315 g/mol. The fourth-order valence-electron chi connectivity index (χ4n) is 1.96. The second-order valence-corrected chi connectivity index (χ2v) is 5.58. The van der Waals surface area contributed by atoms with E-state index >= 15 is 0 Å². The summed E-state index contributed by atoms with van der Waals surface area (Å²) in [5.41, 5.74) is 0.815. The molecule has 2 N–H and O–H groups in total. The number of urea groups is 1. The van der Waals surface area contributed by atoms with Crippen molar-refractivity contribution in [3.05, 3.63) is 58.1 Å². The molecule has 3 rings (SSSR count). The minimum absolute atomic E-state index is 0.180. The highest BCUT2D eigenvalue weighted by Gasteiger charge is 2.16. The highest BCUT2D eigenvalue weighted by molar-refractivity contribution is 7.17. The van der Waals surface area contributed by atoms with E-state index < -0.39 is 17.7 Å². The van der Waals surface area contributed by atoms with Gasteiger partial charge in [0.25, 0.3) is 0 Å². The van der Waals surface area contributed by atoms with Crippen molar-refractivity contribution in [3.63, 3.8) is 0 Å². The quantitative estimate of drug-likeness (QED) is 0.777. The molecule has 1 atom stereocenters. The van der Waals surface area contributed by atoms with Crippen molar-refractivity contribution in [2.45, 2.75) is 13.0 Å². The van der Waals surface area contributed by atoms with E-state index in [1.807, 2.05) is 18.2 Å². The predicted molar refractivity (Wildman–Crippen MR) is 85.2 cm³/mol. The summed E-state index contributed by atoms with van der Waals surface area (Å²) in [5, 5.41) is 7.16. The number of hydrogen-bond donors (Lipinski definition) is 2. The maximum Gasteiger partial charge on any atom is 0.357 e. The molecule has 0 spiro atoms. The number of rotatable bonds is 3. The van der Waals surface area contributed by atoms with Crippen LogP contribution in [0.4, 0.5) is 10.5 Å². The molecular weight excluding hydrogens is 302 g/mol. The van der Waals surface area contributed by atoms with E-state index in [1.54, 1.807) is 30.5 Å². The van der Waals surface area contributed by atoms with Crippen molar-refractivity contribution < 1.29 is 9.21 Å². The Kier molecular flexibility index (Phi) is 3.88. The maximum atomic E-state index is 11.9. The van der Waals surface area contributed by atoms with Gasteiger partial charge in [0.05, 0.1) is 5.52 Å². The van der Waals surface area contributed by atoms with Gasteiger partial charge in [-0.25, -0.2) is 14.6 Å². The summed E-state index contributed by atoms with van der Waals surface area (Å²) in [6, 6.07) is 9.89. The number of carbonyl (C=O) groups excluding carboxylic acids is 1. The molecule has 2 heterocycles. The maximum absolute atomic E-state index is 11.9. The fourth-order valence-corrected chi connectivity index (χ4v) is 2.66. The van der Waals surface area contributed by atoms with Gasteiger partial charge in [0.2, 0.25) is 5.89 Å². The van der Waals surface area contributed by atoms with Gasteiger partial charge in [0.1, 0.15) is 10.7 Å². The summed E-state index contributed by atoms with van der Waals surface area (Å²) in [6.45, 7) is 1.70. The normalized spacial score (nSPS) is 12.0. The zero-order valence-corrected chi connectivity index (χ0v) is 12.5. The van der Waals surface area contributed by atoms with Crippen molar-refractivity contribution in [1.82, 2.24) is 10.3 Å². The number of amides is 2. The number of fused-ring (bicyclic) bond motifs is 1. The zero-order chi connectivity index (χ0) is 15.5. The molecule has 2 amide bonds. The Morgan fingerprint density at radius 3 is 2.82 bits per heavy atom. The van der Waals surface area contributed by atoms with Crippen molar-refractivity contribution in [2.75, 3.05) is 5.32 Å². The van der Waals surface area contributed by atoms with Crippen molar-refractivity contribution in [1.29, 1.82) is 0 Å². The molecule has 1 aromatic carbocycles. The number of nitrogens with one attached hydrogen (secondary N) is 2. The van der Waals surface area contributed by atoms with E-state index in [0.29, 0.717) is 15.9 Å². The van der Waals surface area contributed by atoms with Crippen LogP contribution in [0, 0.1) is 0 Å². The molecule has 6 nitrogen and oxygen atoms in total. The van der Waals surface area contributed by atoms with Gasteiger partial charge in [0.15, 0.2) is 0 Å². The summed E-state index contributed by atoms with van der Waals surface area (Å²) >= 11 is 1.28. The fraction of sp³-hybridized carbons (Fsp3) is 0.133. The number of hydrogen-bond acceptors (Lipinski definition) is 5. The zero-order valence-electron chi connectivity index (χ0n) is 11.7. The van der Waals surface area contributed by atoms with E-state index in [2.05, 4.69) is 15.6 Å². The van der Waals surface area contributed by atoms with Crippen molar-refractivity contribution >= 4 is 33.3 Å². The van der Waals surface area contributed by atoms with Gasteiger partial charge >= 0.3 is 11.7 Å². The lowest BCUT2D eigenvalue weighted by Crippen LogP contribution is -2.32. The number of para-hydroxylation sites is 1. The first kappa shape index (κ1) is 14.3. The minimum atomic E-state index is -0.527. The van der Waals surface area contributed by atoms with Crippen molar-refractivity contribution in [3.8, 4) is 0 Å². The van der Waals surface area contributed by atoms with Gasteiger partial charge < -0.3 is 15.1 Å². The Balaban J connectivity index is 1.74. The second-order valence-electron chi connectivity index (χ2n) is 4.66. The Morgan fingerprint density at radius 2 is 2.05 bits per heavy atom. The highest BCUT2D eigenvalue weighted by atomic mass is 32.1. The van der Waals surface area contributed by atoms with Gasteiger partial charge in [-0.1, -0.05) is 18.2 Å². The average molecular weight is 315 g/mol. The first-order valence-electron chi connectivity index (χ1n) is 6.64.